The van der Waals surface area contributed by atoms with Crippen LogP contribution in [-0.2, 0) is 19.6 Å². The number of sulfonamides is 1. The van der Waals surface area contributed by atoms with Gasteiger partial charge >= 0.3 is 0 Å². The van der Waals surface area contributed by atoms with Crippen molar-refractivity contribution in [2.24, 2.45) is 0 Å². The first-order valence-electron chi connectivity index (χ1n) is 11.3. The van der Waals surface area contributed by atoms with Crippen molar-refractivity contribution in [3.8, 4) is 0 Å². The SMILES string of the molecule is CC(=O)Nc1ccc(S(=O)(=O)N[C@@H](C)C(=O)NC(CN2CCN(C)CC2)c2ccccc2)cc1. The summed E-state index contributed by atoms with van der Waals surface area (Å²) in [6, 6.07) is 14.2. The Morgan fingerprint density at radius 1 is 0.971 bits per heavy atom. The maximum Gasteiger partial charge on any atom is 0.241 e. The molecule has 2 atom stereocenters. The average molecular weight is 488 g/mol. The monoisotopic (exact) mass is 487 g/mol. The predicted molar refractivity (Wildman–Crippen MR) is 132 cm³/mol. The highest BCUT2D eigenvalue weighted by Gasteiger charge is 2.26. The highest BCUT2D eigenvalue weighted by atomic mass is 32.2. The second kappa shape index (κ2) is 11.6. The van der Waals surface area contributed by atoms with Crippen molar-refractivity contribution >= 4 is 27.5 Å². The zero-order chi connectivity index (χ0) is 24.7. The van der Waals surface area contributed by atoms with Crippen LogP contribution in [0, 0.1) is 0 Å². The number of hydrogen-bond acceptors (Lipinski definition) is 6. The molecule has 1 aliphatic heterocycles. The molecule has 2 aromatic carbocycles. The molecule has 9 nitrogen and oxygen atoms in total. The zero-order valence-corrected chi connectivity index (χ0v) is 20.6. The van der Waals surface area contributed by atoms with Crippen LogP contribution in [0.1, 0.15) is 25.5 Å². The number of piperazine rings is 1. The number of carbonyl (C=O) groups is 2. The van der Waals surface area contributed by atoms with Crippen LogP contribution in [0.3, 0.4) is 0 Å². The summed E-state index contributed by atoms with van der Waals surface area (Å²) in [5, 5.41) is 5.62. The summed E-state index contributed by atoms with van der Waals surface area (Å²) < 4.78 is 28.0. The lowest BCUT2D eigenvalue weighted by atomic mass is 10.1. The van der Waals surface area contributed by atoms with Crippen molar-refractivity contribution in [3.05, 3.63) is 60.2 Å². The van der Waals surface area contributed by atoms with Gasteiger partial charge in [0.1, 0.15) is 0 Å². The first-order valence-corrected chi connectivity index (χ1v) is 12.8. The molecule has 184 valence electrons. The predicted octanol–water partition coefficient (Wildman–Crippen LogP) is 1.42. The third kappa shape index (κ3) is 7.36. The summed E-state index contributed by atoms with van der Waals surface area (Å²) in [5.41, 5.74) is 1.46. The number of carbonyl (C=O) groups excluding carboxylic acids is 2. The van der Waals surface area contributed by atoms with Crippen LogP contribution in [0.5, 0.6) is 0 Å². The molecule has 2 amide bonds. The smallest absolute Gasteiger partial charge is 0.241 e. The van der Waals surface area contributed by atoms with E-state index in [1.807, 2.05) is 30.3 Å². The number of benzene rings is 2. The highest BCUT2D eigenvalue weighted by molar-refractivity contribution is 7.89. The number of amides is 2. The van der Waals surface area contributed by atoms with Gasteiger partial charge in [0, 0.05) is 45.3 Å². The van der Waals surface area contributed by atoms with Gasteiger partial charge in [0.05, 0.1) is 17.0 Å². The van der Waals surface area contributed by atoms with Crippen LogP contribution in [0.4, 0.5) is 5.69 Å². The molecule has 1 fully saturated rings. The zero-order valence-electron chi connectivity index (χ0n) is 19.8. The lowest BCUT2D eigenvalue weighted by Gasteiger charge is -2.35. The summed E-state index contributed by atoms with van der Waals surface area (Å²) in [4.78, 5) is 28.7. The standard InChI is InChI=1S/C24H33N5O4S/c1-18(27-34(32,33)22-11-9-21(10-12-22)25-19(2)30)24(31)26-23(20-7-5-4-6-8-20)17-29-15-13-28(3)14-16-29/h4-12,18,23,27H,13-17H2,1-3H3,(H,25,30)(H,26,31)/t18-,23?/m0/s1. The minimum Gasteiger partial charge on any atom is -0.347 e. The van der Waals surface area contributed by atoms with Gasteiger partial charge in [0.2, 0.25) is 21.8 Å². The normalized spacial score (nSPS) is 17.0. The van der Waals surface area contributed by atoms with Gasteiger partial charge in [-0.3, -0.25) is 14.5 Å². The summed E-state index contributed by atoms with van der Waals surface area (Å²) in [6.07, 6.45) is 0. The second-order valence-corrected chi connectivity index (χ2v) is 10.3. The summed E-state index contributed by atoms with van der Waals surface area (Å²) in [6.45, 7) is 7.29. The Kier molecular flexibility index (Phi) is 8.78. The summed E-state index contributed by atoms with van der Waals surface area (Å²) >= 11 is 0. The molecular formula is C24H33N5O4S. The molecule has 2 aromatic rings. The van der Waals surface area contributed by atoms with E-state index in [0.717, 1.165) is 31.7 Å². The highest BCUT2D eigenvalue weighted by Crippen LogP contribution is 2.17. The van der Waals surface area contributed by atoms with Crippen LogP contribution in [0.2, 0.25) is 0 Å². The van der Waals surface area contributed by atoms with E-state index in [4.69, 9.17) is 0 Å². The van der Waals surface area contributed by atoms with E-state index >= 15 is 0 Å². The van der Waals surface area contributed by atoms with Gasteiger partial charge in [-0.2, -0.15) is 4.72 Å². The third-order valence-corrected chi connectivity index (χ3v) is 7.32. The van der Waals surface area contributed by atoms with Crippen LogP contribution in [-0.4, -0.2) is 75.8 Å². The van der Waals surface area contributed by atoms with E-state index in [1.54, 1.807) is 0 Å². The minimum absolute atomic E-state index is 0.0123. The van der Waals surface area contributed by atoms with Crippen LogP contribution in [0.25, 0.3) is 0 Å². The van der Waals surface area contributed by atoms with Crippen molar-refractivity contribution in [1.82, 2.24) is 19.8 Å². The van der Waals surface area contributed by atoms with Crippen molar-refractivity contribution < 1.29 is 18.0 Å². The molecule has 1 unspecified atom stereocenters. The van der Waals surface area contributed by atoms with Gasteiger partial charge in [-0.15, -0.1) is 0 Å². The Balaban J connectivity index is 1.66. The van der Waals surface area contributed by atoms with Gasteiger partial charge in [0.25, 0.3) is 0 Å². The number of nitrogens with one attached hydrogen (secondary N) is 3. The number of nitrogens with zero attached hydrogens (tertiary/aromatic N) is 2. The van der Waals surface area contributed by atoms with E-state index in [0.29, 0.717) is 12.2 Å². The molecular weight excluding hydrogens is 454 g/mol. The number of rotatable bonds is 9. The average Bonchev–Trinajstić information content (AvgIpc) is 2.80. The lowest BCUT2D eigenvalue weighted by molar-refractivity contribution is -0.123. The van der Waals surface area contributed by atoms with Crippen LogP contribution >= 0.6 is 0 Å². The van der Waals surface area contributed by atoms with E-state index in [1.165, 1.54) is 38.1 Å². The van der Waals surface area contributed by atoms with Gasteiger partial charge in [0.15, 0.2) is 0 Å². The largest absolute Gasteiger partial charge is 0.347 e. The third-order valence-electron chi connectivity index (χ3n) is 5.77. The van der Waals surface area contributed by atoms with Gasteiger partial charge < -0.3 is 15.5 Å². The molecule has 34 heavy (non-hydrogen) atoms. The molecule has 0 spiro atoms. The lowest BCUT2D eigenvalue weighted by Crippen LogP contribution is -2.50. The first kappa shape index (κ1) is 25.8. The fraction of sp³-hybridized carbons (Fsp3) is 0.417. The molecule has 0 aliphatic carbocycles. The number of hydrogen-bond donors (Lipinski definition) is 3. The van der Waals surface area contributed by atoms with Gasteiger partial charge in [-0.05, 0) is 43.8 Å². The van der Waals surface area contributed by atoms with Crippen molar-refractivity contribution in [2.45, 2.75) is 30.8 Å². The molecule has 3 rings (SSSR count). The van der Waals surface area contributed by atoms with Crippen molar-refractivity contribution in [3.63, 3.8) is 0 Å². The molecule has 3 N–H and O–H groups in total. The number of likely N-dealkylation sites (N-methyl/N-ethyl adjacent to an activating group) is 1. The Hall–Kier alpha value is -2.79. The molecule has 0 aromatic heterocycles. The van der Waals surface area contributed by atoms with Crippen molar-refractivity contribution in [1.29, 1.82) is 0 Å². The molecule has 0 radical (unpaired) electrons. The van der Waals surface area contributed by atoms with Gasteiger partial charge in [-0.1, -0.05) is 30.3 Å². The topological polar surface area (TPSA) is 111 Å². The van der Waals surface area contributed by atoms with E-state index < -0.39 is 22.0 Å². The Labute approximate surface area is 201 Å². The first-order chi connectivity index (χ1) is 16.1. The molecule has 1 aliphatic rings. The molecule has 1 heterocycles. The van der Waals surface area contributed by atoms with E-state index in [2.05, 4.69) is 32.2 Å². The Bertz CT molecular complexity index is 1070. The van der Waals surface area contributed by atoms with E-state index in [9.17, 15) is 18.0 Å². The van der Waals surface area contributed by atoms with E-state index in [-0.39, 0.29) is 16.8 Å². The minimum atomic E-state index is -3.92. The van der Waals surface area contributed by atoms with Crippen LogP contribution in [0.15, 0.2) is 59.5 Å². The van der Waals surface area contributed by atoms with Crippen molar-refractivity contribution in [2.75, 3.05) is 45.1 Å². The quantitative estimate of drug-likeness (QED) is 0.493. The van der Waals surface area contributed by atoms with Crippen LogP contribution < -0.4 is 15.4 Å². The number of anilines is 1. The Morgan fingerprint density at radius 2 is 1.59 bits per heavy atom. The van der Waals surface area contributed by atoms with Gasteiger partial charge in [-0.25, -0.2) is 8.42 Å². The molecule has 10 heteroatoms. The molecule has 0 saturated carbocycles. The fourth-order valence-electron chi connectivity index (χ4n) is 3.78. The molecule has 0 bridgehead atoms. The fourth-order valence-corrected chi connectivity index (χ4v) is 4.98. The maximum absolute atomic E-state index is 13.0. The molecule has 1 saturated heterocycles. The summed E-state index contributed by atoms with van der Waals surface area (Å²) in [5.74, 6) is -0.648. The maximum atomic E-state index is 13.0. The summed E-state index contributed by atoms with van der Waals surface area (Å²) in [7, 11) is -1.83. The second-order valence-electron chi connectivity index (χ2n) is 8.62. The Morgan fingerprint density at radius 3 is 2.18 bits per heavy atom.